The minimum absolute atomic E-state index is 0.581. The van der Waals surface area contributed by atoms with E-state index in [9.17, 15) is 0 Å². The molecule has 0 amide bonds. The Labute approximate surface area is 122 Å². The molecule has 6 heteroatoms. The largest absolute Gasteiger partial charge is 0.313 e. The molecule has 0 radical (unpaired) electrons. The first-order valence-corrected chi connectivity index (χ1v) is 8.33. The molecule has 5 nitrogen and oxygen atoms in total. The fraction of sp³-hybridized carbons (Fsp3) is 0.643. The van der Waals surface area contributed by atoms with Gasteiger partial charge in [-0.05, 0) is 32.1 Å². The van der Waals surface area contributed by atoms with Crippen molar-refractivity contribution in [2.45, 2.75) is 57.4 Å². The van der Waals surface area contributed by atoms with E-state index >= 15 is 0 Å². The molecule has 1 aliphatic carbocycles. The quantitative estimate of drug-likeness (QED) is 0.940. The van der Waals surface area contributed by atoms with Gasteiger partial charge in [0, 0.05) is 35.8 Å². The van der Waals surface area contributed by atoms with E-state index in [4.69, 9.17) is 0 Å². The summed E-state index contributed by atoms with van der Waals surface area (Å²) in [7, 11) is 0. The van der Waals surface area contributed by atoms with Crippen molar-refractivity contribution < 1.29 is 0 Å². The van der Waals surface area contributed by atoms with Crippen LogP contribution in [0, 0.1) is 0 Å². The molecule has 4 rings (SSSR count). The smallest absolute Gasteiger partial charge is 0.208 e. The number of hydrogen-bond donors (Lipinski definition) is 1. The molecule has 0 unspecified atom stereocenters. The fourth-order valence-electron chi connectivity index (χ4n) is 3.22. The third-order valence-electron chi connectivity index (χ3n) is 4.31. The maximum absolute atomic E-state index is 4.64. The van der Waals surface area contributed by atoms with Crippen molar-refractivity contribution in [3.8, 4) is 0 Å². The molecule has 0 aromatic carbocycles. The lowest BCUT2D eigenvalue weighted by atomic mass is 10.1. The SMILES string of the molecule is c1c(Nc2nc(C3CCCC3)ns2)nn2c1CCCC2. The number of aromatic nitrogens is 4. The summed E-state index contributed by atoms with van der Waals surface area (Å²) in [5.74, 6) is 2.52. The van der Waals surface area contributed by atoms with Crippen LogP contribution in [0.25, 0.3) is 0 Å². The molecule has 2 aromatic rings. The van der Waals surface area contributed by atoms with E-state index in [1.165, 1.54) is 55.8 Å². The van der Waals surface area contributed by atoms with Crippen molar-refractivity contribution in [3.63, 3.8) is 0 Å². The molecular weight excluding hydrogens is 270 g/mol. The average molecular weight is 289 g/mol. The van der Waals surface area contributed by atoms with Crippen molar-refractivity contribution in [1.29, 1.82) is 0 Å². The van der Waals surface area contributed by atoms with Crippen LogP contribution >= 0.6 is 11.5 Å². The van der Waals surface area contributed by atoms with Crippen molar-refractivity contribution in [2.75, 3.05) is 5.32 Å². The Kier molecular flexibility index (Phi) is 3.18. The molecule has 0 atom stereocenters. The van der Waals surface area contributed by atoms with Crippen LogP contribution in [0.5, 0.6) is 0 Å². The van der Waals surface area contributed by atoms with Crippen LogP contribution in [-0.2, 0) is 13.0 Å². The summed E-state index contributed by atoms with van der Waals surface area (Å²) in [6, 6.07) is 2.15. The first-order chi connectivity index (χ1) is 9.88. The number of aryl methyl sites for hydroxylation is 2. The Hall–Kier alpha value is -1.43. The van der Waals surface area contributed by atoms with Gasteiger partial charge in [0.2, 0.25) is 5.13 Å². The predicted molar refractivity (Wildman–Crippen MR) is 79.6 cm³/mol. The zero-order valence-corrected chi connectivity index (χ0v) is 12.3. The summed E-state index contributed by atoms with van der Waals surface area (Å²) < 4.78 is 6.63. The van der Waals surface area contributed by atoms with Crippen LogP contribution < -0.4 is 5.32 Å². The van der Waals surface area contributed by atoms with Crippen molar-refractivity contribution in [3.05, 3.63) is 17.6 Å². The molecular formula is C14H19N5S. The summed E-state index contributed by atoms with van der Waals surface area (Å²) >= 11 is 1.46. The highest BCUT2D eigenvalue weighted by atomic mass is 32.1. The Balaban J connectivity index is 1.49. The van der Waals surface area contributed by atoms with Gasteiger partial charge >= 0.3 is 0 Å². The maximum Gasteiger partial charge on any atom is 0.208 e. The molecule has 0 saturated heterocycles. The van der Waals surface area contributed by atoms with Gasteiger partial charge in [0.05, 0.1) is 0 Å². The van der Waals surface area contributed by atoms with Gasteiger partial charge in [-0.3, -0.25) is 4.68 Å². The van der Waals surface area contributed by atoms with E-state index in [2.05, 4.69) is 30.5 Å². The molecule has 1 fully saturated rings. The second-order valence-electron chi connectivity index (χ2n) is 5.77. The fourth-order valence-corrected chi connectivity index (χ4v) is 3.88. The number of nitrogens with zero attached hydrogens (tertiary/aromatic N) is 4. The van der Waals surface area contributed by atoms with Crippen LogP contribution in [0.15, 0.2) is 6.07 Å². The van der Waals surface area contributed by atoms with Gasteiger partial charge in [-0.2, -0.15) is 9.47 Å². The van der Waals surface area contributed by atoms with Gasteiger partial charge in [0.1, 0.15) is 5.82 Å². The van der Waals surface area contributed by atoms with Gasteiger partial charge in [-0.1, -0.05) is 12.8 Å². The molecule has 0 spiro atoms. The first kappa shape index (κ1) is 12.3. The highest BCUT2D eigenvalue weighted by Crippen LogP contribution is 2.34. The minimum atomic E-state index is 0.581. The first-order valence-electron chi connectivity index (χ1n) is 7.56. The zero-order valence-electron chi connectivity index (χ0n) is 11.5. The lowest BCUT2D eigenvalue weighted by molar-refractivity contribution is 0.487. The number of hydrogen-bond acceptors (Lipinski definition) is 5. The predicted octanol–water partition coefficient (Wildman–Crippen LogP) is 3.47. The molecule has 3 heterocycles. The molecule has 1 aliphatic heterocycles. The van der Waals surface area contributed by atoms with E-state index in [1.807, 2.05) is 0 Å². The topological polar surface area (TPSA) is 55.6 Å². The van der Waals surface area contributed by atoms with E-state index in [0.29, 0.717) is 5.92 Å². The Bertz CT molecular complexity index is 573. The number of anilines is 2. The van der Waals surface area contributed by atoms with Crippen molar-refractivity contribution in [1.82, 2.24) is 19.1 Å². The van der Waals surface area contributed by atoms with Crippen molar-refractivity contribution in [2.24, 2.45) is 0 Å². The molecule has 2 aliphatic rings. The second kappa shape index (κ2) is 5.16. The van der Waals surface area contributed by atoms with Crippen LogP contribution in [0.2, 0.25) is 0 Å². The van der Waals surface area contributed by atoms with Gasteiger partial charge < -0.3 is 5.32 Å². The lowest BCUT2D eigenvalue weighted by Crippen LogP contribution is -2.10. The van der Waals surface area contributed by atoms with Gasteiger partial charge in [-0.25, -0.2) is 4.98 Å². The summed E-state index contributed by atoms with van der Waals surface area (Å²) in [6.45, 7) is 1.04. The molecule has 106 valence electrons. The standard InChI is InChI=1S/C14H19N5S/c1-2-6-10(5-1)13-16-14(20-18-13)15-12-9-11-7-3-4-8-19(11)17-12/h9-10H,1-8H2,(H,15,16,17,18). The monoisotopic (exact) mass is 289 g/mol. The van der Waals surface area contributed by atoms with Crippen LogP contribution in [0.3, 0.4) is 0 Å². The molecule has 1 N–H and O–H groups in total. The van der Waals surface area contributed by atoms with Crippen molar-refractivity contribution >= 4 is 22.5 Å². The third kappa shape index (κ3) is 2.32. The van der Waals surface area contributed by atoms with E-state index in [1.54, 1.807) is 0 Å². The molecule has 1 saturated carbocycles. The van der Waals surface area contributed by atoms with Gasteiger partial charge in [0.15, 0.2) is 5.82 Å². The summed E-state index contributed by atoms with van der Waals surface area (Å²) in [4.78, 5) is 4.64. The van der Waals surface area contributed by atoms with Gasteiger partial charge in [-0.15, -0.1) is 0 Å². The zero-order chi connectivity index (χ0) is 13.4. The molecule has 2 aromatic heterocycles. The highest BCUT2D eigenvalue weighted by molar-refractivity contribution is 7.09. The van der Waals surface area contributed by atoms with Crippen LogP contribution in [-0.4, -0.2) is 19.1 Å². The Morgan fingerprint density at radius 2 is 2.10 bits per heavy atom. The second-order valence-corrected chi connectivity index (χ2v) is 6.52. The Morgan fingerprint density at radius 3 is 2.95 bits per heavy atom. The normalized spacial score (nSPS) is 19.2. The summed E-state index contributed by atoms with van der Waals surface area (Å²) in [5, 5.41) is 8.79. The van der Waals surface area contributed by atoms with E-state index < -0.39 is 0 Å². The highest BCUT2D eigenvalue weighted by Gasteiger charge is 2.21. The summed E-state index contributed by atoms with van der Waals surface area (Å²) in [6.07, 6.45) is 8.78. The molecule has 0 bridgehead atoms. The third-order valence-corrected chi connectivity index (χ3v) is 4.96. The average Bonchev–Trinajstić information content (AvgIpc) is 3.18. The van der Waals surface area contributed by atoms with Gasteiger partial charge in [0.25, 0.3) is 0 Å². The van der Waals surface area contributed by atoms with Crippen LogP contribution in [0.1, 0.15) is 56.0 Å². The number of nitrogens with one attached hydrogen (secondary N) is 1. The summed E-state index contributed by atoms with van der Waals surface area (Å²) in [5.41, 5.74) is 1.33. The number of rotatable bonds is 3. The Morgan fingerprint density at radius 1 is 1.20 bits per heavy atom. The molecule has 20 heavy (non-hydrogen) atoms. The minimum Gasteiger partial charge on any atom is -0.313 e. The number of fused-ring (bicyclic) bond motifs is 1. The van der Waals surface area contributed by atoms with E-state index in [0.717, 1.165) is 29.7 Å². The maximum atomic E-state index is 4.64. The lowest BCUT2D eigenvalue weighted by Gasteiger charge is -2.11. The van der Waals surface area contributed by atoms with E-state index in [-0.39, 0.29) is 0 Å². The van der Waals surface area contributed by atoms with Crippen LogP contribution in [0.4, 0.5) is 10.9 Å².